The molecule has 0 bridgehead atoms. The minimum Gasteiger partial charge on any atom is -0.494 e. The van der Waals surface area contributed by atoms with E-state index in [1.165, 1.54) is 0 Å². The van der Waals surface area contributed by atoms with Crippen LogP contribution in [0, 0.1) is 13.8 Å². The molecule has 1 atom stereocenters. The van der Waals surface area contributed by atoms with Gasteiger partial charge in [-0.25, -0.2) is 4.79 Å². The Balaban J connectivity index is 1.85. The van der Waals surface area contributed by atoms with Crippen LogP contribution in [0.2, 0.25) is 0 Å². The van der Waals surface area contributed by atoms with Crippen molar-refractivity contribution >= 4 is 11.9 Å². The van der Waals surface area contributed by atoms with Crippen LogP contribution in [0.1, 0.15) is 64.4 Å². The Bertz CT molecular complexity index is 897. The van der Waals surface area contributed by atoms with Gasteiger partial charge in [0.15, 0.2) is 0 Å². The molecule has 7 heteroatoms. The molecule has 0 spiro atoms. The summed E-state index contributed by atoms with van der Waals surface area (Å²) in [4.78, 5) is 30.6. The second-order valence-electron chi connectivity index (χ2n) is 7.73. The topological polar surface area (TPSA) is 80.9 Å². The normalized spacial score (nSPS) is 15.7. The van der Waals surface area contributed by atoms with Crippen molar-refractivity contribution in [2.45, 2.75) is 53.2 Å². The van der Waals surface area contributed by atoms with Crippen LogP contribution in [0.15, 0.2) is 24.3 Å². The van der Waals surface area contributed by atoms with E-state index in [0.29, 0.717) is 37.6 Å². The molecule has 0 aliphatic carbocycles. The number of benzene rings is 1. The smallest absolute Gasteiger partial charge is 0.355 e. The van der Waals surface area contributed by atoms with Gasteiger partial charge in [0.05, 0.1) is 19.3 Å². The zero-order valence-electron chi connectivity index (χ0n) is 18.8. The largest absolute Gasteiger partial charge is 0.494 e. The average Bonchev–Trinajstić information content (AvgIpc) is 3.37. The monoisotopic (exact) mass is 428 g/mol. The molecule has 1 N–H and O–H groups in total. The standard InChI is InChI=1S/C24H32N2O5/c1-5-29-19-11-9-18(10-12-19)23(27)26(14-20-8-7-13-31-20)15-21-16(3)22(25-17(21)4)24(28)30-6-2/h9-12,20,25H,5-8,13-15H2,1-4H3/t20-/m0/s1. The highest BCUT2D eigenvalue weighted by molar-refractivity contribution is 5.94. The van der Waals surface area contributed by atoms with Crippen molar-refractivity contribution in [2.75, 3.05) is 26.4 Å². The highest BCUT2D eigenvalue weighted by atomic mass is 16.5. The molecule has 3 rings (SSSR count). The van der Waals surface area contributed by atoms with E-state index in [4.69, 9.17) is 14.2 Å². The van der Waals surface area contributed by atoms with Gasteiger partial charge < -0.3 is 24.1 Å². The lowest BCUT2D eigenvalue weighted by Crippen LogP contribution is -2.37. The maximum absolute atomic E-state index is 13.4. The summed E-state index contributed by atoms with van der Waals surface area (Å²) in [5.41, 5.74) is 3.64. The number of hydrogen-bond donors (Lipinski definition) is 1. The van der Waals surface area contributed by atoms with Crippen LogP contribution >= 0.6 is 0 Å². The fourth-order valence-corrected chi connectivity index (χ4v) is 3.92. The summed E-state index contributed by atoms with van der Waals surface area (Å²) in [6.07, 6.45) is 1.97. The molecule has 0 unspecified atom stereocenters. The van der Waals surface area contributed by atoms with Gasteiger partial charge >= 0.3 is 5.97 Å². The molecular weight excluding hydrogens is 396 g/mol. The number of hydrogen-bond acceptors (Lipinski definition) is 5. The number of ether oxygens (including phenoxy) is 3. The van der Waals surface area contributed by atoms with Gasteiger partial charge in [0.2, 0.25) is 0 Å². The Labute approximate surface area is 183 Å². The van der Waals surface area contributed by atoms with Gasteiger partial charge in [0.1, 0.15) is 11.4 Å². The van der Waals surface area contributed by atoms with Gasteiger partial charge in [0.25, 0.3) is 5.91 Å². The number of amides is 1. The SMILES string of the molecule is CCOC(=O)c1[nH]c(C)c(CN(C[C@@H]2CCCO2)C(=O)c2ccc(OCC)cc2)c1C. The maximum atomic E-state index is 13.4. The molecule has 7 nitrogen and oxygen atoms in total. The van der Waals surface area contributed by atoms with Gasteiger partial charge in [-0.3, -0.25) is 4.79 Å². The Morgan fingerprint density at radius 3 is 2.52 bits per heavy atom. The molecule has 2 aromatic rings. The second kappa shape index (κ2) is 10.5. The second-order valence-corrected chi connectivity index (χ2v) is 7.73. The third-order valence-corrected chi connectivity index (χ3v) is 5.57. The lowest BCUT2D eigenvalue weighted by Gasteiger charge is -2.26. The van der Waals surface area contributed by atoms with Crippen LogP contribution < -0.4 is 4.74 Å². The van der Waals surface area contributed by atoms with Gasteiger partial charge in [-0.2, -0.15) is 0 Å². The molecule has 2 heterocycles. The molecule has 1 fully saturated rings. The molecule has 1 aromatic heterocycles. The number of H-pyrrole nitrogens is 1. The van der Waals surface area contributed by atoms with Crippen LogP contribution in [0.4, 0.5) is 0 Å². The molecule has 168 valence electrons. The highest BCUT2D eigenvalue weighted by Gasteiger charge is 2.26. The van der Waals surface area contributed by atoms with Gasteiger partial charge in [-0.05, 0) is 75.9 Å². The summed E-state index contributed by atoms with van der Waals surface area (Å²) in [5, 5.41) is 0. The number of nitrogens with one attached hydrogen (secondary N) is 1. The number of rotatable bonds is 9. The fourth-order valence-electron chi connectivity index (χ4n) is 3.92. The number of carbonyl (C=O) groups excluding carboxylic acids is 2. The maximum Gasteiger partial charge on any atom is 0.355 e. The highest BCUT2D eigenvalue weighted by Crippen LogP contribution is 2.24. The molecule has 1 saturated heterocycles. The van der Waals surface area contributed by atoms with Crippen molar-refractivity contribution in [1.82, 2.24) is 9.88 Å². The van der Waals surface area contributed by atoms with E-state index in [9.17, 15) is 9.59 Å². The predicted molar refractivity (Wildman–Crippen MR) is 118 cm³/mol. The lowest BCUT2D eigenvalue weighted by atomic mass is 10.1. The van der Waals surface area contributed by atoms with Crippen molar-refractivity contribution < 1.29 is 23.8 Å². The van der Waals surface area contributed by atoms with Crippen LogP contribution in [0.25, 0.3) is 0 Å². The molecule has 1 aromatic carbocycles. The molecular formula is C24H32N2O5. The Hall–Kier alpha value is -2.80. The first-order valence-corrected chi connectivity index (χ1v) is 10.9. The van der Waals surface area contributed by atoms with Gasteiger partial charge in [0, 0.05) is 31.0 Å². The molecule has 31 heavy (non-hydrogen) atoms. The van der Waals surface area contributed by atoms with E-state index in [-0.39, 0.29) is 18.0 Å². The van der Waals surface area contributed by atoms with E-state index in [2.05, 4.69) is 4.98 Å². The zero-order valence-corrected chi connectivity index (χ0v) is 18.8. The first-order valence-electron chi connectivity index (χ1n) is 10.9. The Morgan fingerprint density at radius 1 is 1.16 bits per heavy atom. The molecule has 0 saturated carbocycles. The first kappa shape index (κ1) is 22.9. The third kappa shape index (κ3) is 5.47. The number of nitrogens with zero attached hydrogens (tertiary/aromatic N) is 1. The molecule has 0 radical (unpaired) electrons. The predicted octanol–water partition coefficient (Wildman–Crippen LogP) is 4.03. The average molecular weight is 429 g/mol. The number of carbonyl (C=O) groups is 2. The van der Waals surface area contributed by atoms with Crippen molar-refractivity contribution in [1.29, 1.82) is 0 Å². The van der Waals surface area contributed by atoms with Crippen molar-refractivity contribution in [3.63, 3.8) is 0 Å². The van der Waals surface area contributed by atoms with Crippen molar-refractivity contribution in [3.05, 3.63) is 52.3 Å². The number of aromatic nitrogens is 1. The summed E-state index contributed by atoms with van der Waals surface area (Å²) in [5.74, 6) is 0.287. The molecule has 1 aliphatic rings. The van der Waals surface area contributed by atoms with E-state index in [0.717, 1.165) is 42.0 Å². The van der Waals surface area contributed by atoms with E-state index >= 15 is 0 Å². The summed E-state index contributed by atoms with van der Waals surface area (Å²) in [7, 11) is 0. The number of aryl methyl sites for hydroxylation is 1. The lowest BCUT2D eigenvalue weighted by molar-refractivity contribution is 0.0506. The summed E-state index contributed by atoms with van der Waals surface area (Å²) < 4.78 is 16.4. The number of aromatic amines is 1. The zero-order chi connectivity index (χ0) is 22.4. The van der Waals surface area contributed by atoms with Crippen LogP contribution in [0.3, 0.4) is 0 Å². The van der Waals surface area contributed by atoms with Crippen molar-refractivity contribution in [3.8, 4) is 5.75 Å². The summed E-state index contributed by atoms with van der Waals surface area (Å²) >= 11 is 0. The summed E-state index contributed by atoms with van der Waals surface area (Å²) in [6, 6.07) is 7.20. The summed E-state index contributed by atoms with van der Waals surface area (Å²) in [6.45, 7) is 10.0. The van der Waals surface area contributed by atoms with Gasteiger partial charge in [-0.15, -0.1) is 0 Å². The third-order valence-electron chi connectivity index (χ3n) is 5.57. The van der Waals surface area contributed by atoms with Crippen LogP contribution in [-0.2, 0) is 16.0 Å². The minimum atomic E-state index is -0.377. The van der Waals surface area contributed by atoms with Crippen molar-refractivity contribution in [2.24, 2.45) is 0 Å². The van der Waals surface area contributed by atoms with E-state index in [1.807, 2.05) is 37.8 Å². The first-order chi connectivity index (χ1) is 14.9. The van der Waals surface area contributed by atoms with Crippen LogP contribution in [-0.4, -0.2) is 54.2 Å². The minimum absolute atomic E-state index is 0.0238. The Kier molecular flexibility index (Phi) is 7.74. The number of esters is 1. The molecule has 1 amide bonds. The quantitative estimate of drug-likeness (QED) is 0.610. The van der Waals surface area contributed by atoms with E-state index in [1.54, 1.807) is 19.1 Å². The van der Waals surface area contributed by atoms with Gasteiger partial charge in [-0.1, -0.05) is 0 Å². The molecule has 1 aliphatic heterocycles. The Morgan fingerprint density at radius 2 is 1.90 bits per heavy atom. The van der Waals surface area contributed by atoms with E-state index < -0.39 is 0 Å². The fraction of sp³-hybridized carbons (Fsp3) is 0.500. The van der Waals surface area contributed by atoms with Crippen LogP contribution in [0.5, 0.6) is 5.75 Å².